The molecule has 1 rings (SSSR count). The van der Waals surface area contributed by atoms with Gasteiger partial charge in [0.1, 0.15) is 0 Å². The molecule has 3 nitrogen and oxygen atoms in total. The summed E-state index contributed by atoms with van der Waals surface area (Å²) in [6, 6.07) is 0.681. The van der Waals surface area contributed by atoms with E-state index in [9.17, 15) is 0 Å². The summed E-state index contributed by atoms with van der Waals surface area (Å²) >= 11 is 0. The summed E-state index contributed by atoms with van der Waals surface area (Å²) < 4.78 is 0. The fraction of sp³-hybridized carbons (Fsp3) is 1.00. The molecule has 0 aromatic heterocycles. The normalized spacial score (nSPS) is 23.4. The summed E-state index contributed by atoms with van der Waals surface area (Å²) in [4.78, 5) is 2.26. The van der Waals surface area contributed by atoms with Gasteiger partial charge in [-0.3, -0.25) is 0 Å². The van der Waals surface area contributed by atoms with Crippen molar-refractivity contribution in [3.63, 3.8) is 0 Å². The topological polar surface area (TPSA) is 27.3 Å². The van der Waals surface area contributed by atoms with E-state index in [-0.39, 0.29) is 0 Å². The minimum absolute atomic E-state index is 0.362. The van der Waals surface area contributed by atoms with Gasteiger partial charge < -0.3 is 15.5 Å². The largest absolute Gasteiger partial charge is 0.315 e. The molecule has 90 valence electrons. The van der Waals surface area contributed by atoms with E-state index in [2.05, 4.69) is 43.5 Å². The second-order valence-corrected chi connectivity index (χ2v) is 5.83. The number of hydrogen-bond acceptors (Lipinski definition) is 3. The van der Waals surface area contributed by atoms with Gasteiger partial charge in [-0.1, -0.05) is 13.8 Å². The van der Waals surface area contributed by atoms with E-state index in [1.54, 1.807) is 0 Å². The Bertz CT molecular complexity index is 172. The molecular formula is C12H27N3. The van der Waals surface area contributed by atoms with Crippen LogP contribution in [0.4, 0.5) is 0 Å². The van der Waals surface area contributed by atoms with Crippen LogP contribution in [0.25, 0.3) is 0 Å². The van der Waals surface area contributed by atoms with Gasteiger partial charge in [0.2, 0.25) is 0 Å². The molecule has 1 fully saturated rings. The van der Waals surface area contributed by atoms with Crippen LogP contribution in [0.5, 0.6) is 0 Å². The van der Waals surface area contributed by atoms with E-state index in [0.29, 0.717) is 11.5 Å². The minimum Gasteiger partial charge on any atom is -0.315 e. The highest BCUT2D eigenvalue weighted by Crippen LogP contribution is 2.15. The third kappa shape index (κ3) is 5.50. The molecule has 0 saturated carbocycles. The van der Waals surface area contributed by atoms with Crippen LogP contribution >= 0.6 is 0 Å². The number of nitrogens with one attached hydrogen (secondary N) is 2. The first-order valence-corrected chi connectivity index (χ1v) is 6.08. The van der Waals surface area contributed by atoms with E-state index in [1.165, 1.54) is 19.4 Å². The highest BCUT2D eigenvalue weighted by atomic mass is 15.1. The zero-order valence-corrected chi connectivity index (χ0v) is 10.8. The first-order valence-electron chi connectivity index (χ1n) is 6.08. The fourth-order valence-corrected chi connectivity index (χ4v) is 2.36. The Morgan fingerprint density at radius 2 is 2.13 bits per heavy atom. The summed E-state index contributed by atoms with van der Waals surface area (Å²) in [6.07, 6.45) is 2.64. The summed E-state index contributed by atoms with van der Waals surface area (Å²) in [6.45, 7) is 9.24. The highest BCUT2D eigenvalue weighted by molar-refractivity contribution is 4.80. The van der Waals surface area contributed by atoms with Gasteiger partial charge in [0.05, 0.1) is 0 Å². The molecule has 0 aromatic rings. The van der Waals surface area contributed by atoms with Crippen LogP contribution in [0.2, 0.25) is 0 Å². The molecule has 0 bridgehead atoms. The Morgan fingerprint density at radius 3 is 2.67 bits per heavy atom. The molecular weight excluding hydrogens is 186 g/mol. The number of rotatable bonds is 5. The molecule has 0 spiro atoms. The lowest BCUT2D eigenvalue weighted by Crippen LogP contribution is -2.47. The van der Waals surface area contributed by atoms with E-state index in [4.69, 9.17) is 0 Å². The smallest absolute Gasteiger partial charge is 0.0193 e. The summed E-state index contributed by atoms with van der Waals surface area (Å²) in [5, 5.41) is 7.12. The lowest BCUT2D eigenvalue weighted by molar-refractivity contribution is 0.219. The lowest BCUT2D eigenvalue weighted by atomic mass is 9.92. The van der Waals surface area contributed by atoms with E-state index in [0.717, 1.165) is 19.6 Å². The Hall–Kier alpha value is -0.120. The van der Waals surface area contributed by atoms with Gasteiger partial charge in [0.25, 0.3) is 0 Å². The van der Waals surface area contributed by atoms with Crippen LogP contribution in [-0.4, -0.2) is 51.2 Å². The molecule has 15 heavy (non-hydrogen) atoms. The summed E-state index contributed by atoms with van der Waals surface area (Å²) in [5.41, 5.74) is 0.362. The number of nitrogens with zero attached hydrogens (tertiary/aromatic N) is 1. The average Bonchev–Trinajstić information content (AvgIpc) is 2.15. The molecule has 1 heterocycles. The van der Waals surface area contributed by atoms with E-state index in [1.807, 2.05) is 0 Å². The molecule has 0 radical (unpaired) electrons. The zero-order chi connectivity index (χ0) is 11.3. The molecule has 0 aliphatic carbocycles. The Morgan fingerprint density at radius 1 is 1.40 bits per heavy atom. The summed E-state index contributed by atoms with van der Waals surface area (Å²) in [5.74, 6) is 0. The van der Waals surface area contributed by atoms with Gasteiger partial charge in [-0.2, -0.15) is 0 Å². The average molecular weight is 213 g/mol. The lowest BCUT2D eigenvalue weighted by Gasteiger charge is -2.32. The number of piperidine rings is 1. The van der Waals surface area contributed by atoms with Crippen LogP contribution in [0.3, 0.4) is 0 Å². The van der Waals surface area contributed by atoms with Crippen molar-refractivity contribution in [1.82, 2.24) is 15.5 Å². The van der Waals surface area contributed by atoms with Crippen molar-refractivity contribution in [2.24, 2.45) is 5.41 Å². The van der Waals surface area contributed by atoms with Gasteiger partial charge >= 0.3 is 0 Å². The minimum atomic E-state index is 0.362. The van der Waals surface area contributed by atoms with Crippen molar-refractivity contribution in [3.05, 3.63) is 0 Å². The van der Waals surface area contributed by atoms with Gasteiger partial charge in [-0.25, -0.2) is 0 Å². The fourth-order valence-electron chi connectivity index (χ4n) is 2.36. The molecule has 0 amide bonds. The quantitative estimate of drug-likeness (QED) is 0.711. The van der Waals surface area contributed by atoms with E-state index < -0.39 is 0 Å². The Kier molecular flexibility index (Phi) is 5.03. The predicted octanol–water partition coefficient (Wildman–Crippen LogP) is 0.916. The van der Waals surface area contributed by atoms with Crippen molar-refractivity contribution in [2.75, 3.05) is 40.3 Å². The maximum Gasteiger partial charge on any atom is 0.0193 e. The second-order valence-electron chi connectivity index (χ2n) is 5.83. The van der Waals surface area contributed by atoms with Gasteiger partial charge in [-0.05, 0) is 38.9 Å². The third-order valence-electron chi connectivity index (χ3n) is 2.91. The third-order valence-corrected chi connectivity index (χ3v) is 2.91. The molecule has 2 N–H and O–H groups in total. The van der Waals surface area contributed by atoms with Gasteiger partial charge in [-0.15, -0.1) is 0 Å². The predicted molar refractivity (Wildman–Crippen MR) is 66.2 cm³/mol. The molecule has 3 heteroatoms. The van der Waals surface area contributed by atoms with Crippen LogP contribution in [0, 0.1) is 5.41 Å². The van der Waals surface area contributed by atoms with Gasteiger partial charge in [0.15, 0.2) is 0 Å². The summed E-state index contributed by atoms with van der Waals surface area (Å²) in [7, 11) is 4.29. The number of hydrogen-bond donors (Lipinski definition) is 2. The molecule has 1 aliphatic rings. The Balaban J connectivity index is 2.21. The van der Waals surface area contributed by atoms with Crippen LogP contribution in [0.15, 0.2) is 0 Å². The van der Waals surface area contributed by atoms with Crippen molar-refractivity contribution in [1.29, 1.82) is 0 Å². The first-order chi connectivity index (χ1) is 6.99. The maximum absolute atomic E-state index is 3.68. The van der Waals surface area contributed by atoms with Crippen molar-refractivity contribution >= 4 is 0 Å². The molecule has 0 aromatic carbocycles. The highest BCUT2D eigenvalue weighted by Gasteiger charge is 2.21. The molecule has 1 saturated heterocycles. The van der Waals surface area contributed by atoms with Crippen LogP contribution < -0.4 is 10.6 Å². The zero-order valence-electron chi connectivity index (χ0n) is 10.8. The SMILES string of the molecule is CN(C)CC(C)(C)CNC1CCCNC1. The molecule has 1 atom stereocenters. The van der Waals surface area contributed by atoms with Gasteiger partial charge in [0, 0.05) is 25.7 Å². The van der Waals surface area contributed by atoms with Crippen molar-refractivity contribution in [2.45, 2.75) is 32.7 Å². The molecule has 1 aliphatic heterocycles. The van der Waals surface area contributed by atoms with E-state index >= 15 is 0 Å². The monoisotopic (exact) mass is 213 g/mol. The van der Waals surface area contributed by atoms with Crippen molar-refractivity contribution < 1.29 is 0 Å². The first kappa shape index (κ1) is 12.9. The van der Waals surface area contributed by atoms with Crippen LogP contribution in [0.1, 0.15) is 26.7 Å². The maximum atomic E-state index is 3.68. The standard InChI is InChI=1S/C12H27N3/c1-12(2,10-15(3)4)9-14-11-6-5-7-13-8-11/h11,13-14H,5-10H2,1-4H3. The molecule has 1 unspecified atom stereocenters. The Labute approximate surface area is 94.6 Å². The van der Waals surface area contributed by atoms with Crippen LogP contribution in [-0.2, 0) is 0 Å². The second kappa shape index (κ2) is 5.83. The van der Waals surface area contributed by atoms with Crippen molar-refractivity contribution in [3.8, 4) is 0 Å².